The number of hydrogen-bond donors (Lipinski definition) is 0. The van der Waals surface area contributed by atoms with Gasteiger partial charge in [-0.15, -0.1) is 0 Å². The highest BCUT2D eigenvalue weighted by Crippen LogP contribution is 2.21. The van der Waals surface area contributed by atoms with E-state index in [0.717, 1.165) is 0 Å². The molecule has 0 saturated heterocycles. The molecule has 4 heteroatoms. The first kappa shape index (κ1) is 9.51. The Morgan fingerprint density at radius 1 is 1.69 bits per heavy atom. The summed E-state index contributed by atoms with van der Waals surface area (Å²) in [6.07, 6.45) is 1.26. The number of nitrogens with zero attached hydrogens (tertiary/aromatic N) is 2. The van der Waals surface area contributed by atoms with Crippen LogP contribution in [0.4, 0.5) is 0 Å². The summed E-state index contributed by atoms with van der Waals surface area (Å²) in [5.41, 5.74) is 1.14. The lowest BCUT2D eigenvalue weighted by atomic mass is 10.1. The Morgan fingerprint density at radius 3 is 2.77 bits per heavy atom. The Kier molecular flexibility index (Phi) is 2.51. The third kappa shape index (κ3) is 1.47. The minimum atomic E-state index is -0.164. The molecule has 0 bridgehead atoms. The maximum atomic E-state index is 11.4. The molecule has 0 saturated carbocycles. The van der Waals surface area contributed by atoms with Gasteiger partial charge in [0, 0.05) is 7.05 Å². The van der Waals surface area contributed by atoms with Gasteiger partial charge in [0.2, 0.25) is 5.88 Å². The number of allylic oxidation sites excluding steroid dienone is 1. The predicted molar refractivity (Wildman–Crippen MR) is 49.0 cm³/mol. The van der Waals surface area contributed by atoms with E-state index in [4.69, 9.17) is 4.74 Å². The summed E-state index contributed by atoms with van der Waals surface area (Å²) in [6, 6.07) is 0. The zero-order chi connectivity index (χ0) is 10.0. The molecule has 0 spiro atoms. The molecule has 0 aliphatic heterocycles. The molecule has 0 atom stereocenters. The highest BCUT2D eigenvalue weighted by atomic mass is 16.5. The van der Waals surface area contributed by atoms with E-state index < -0.39 is 0 Å². The lowest BCUT2D eigenvalue weighted by molar-refractivity contribution is 0.104. The first-order chi connectivity index (χ1) is 6.11. The number of methoxy groups -OCH3 is 1. The van der Waals surface area contributed by atoms with Crippen molar-refractivity contribution in [2.75, 3.05) is 7.11 Å². The Bertz CT molecular complexity index is 353. The van der Waals surface area contributed by atoms with Crippen LogP contribution in [0, 0.1) is 6.92 Å². The Labute approximate surface area is 76.8 Å². The van der Waals surface area contributed by atoms with Gasteiger partial charge in [-0.25, -0.2) is 4.68 Å². The summed E-state index contributed by atoms with van der Waals surface area (Å²) < 4.78 is 6.59. The van der Waals surface area contributed by atoms with Crippen LogP contribution < -0.4 is 4.74 Å². The standard InChI is InChI=1S/C9H12N2O2/c1-5-7(12)8-6(2)10-11(3)9(8)13-4/h5H,1H2,2-4H3. The van der Waals surface area contributed by atoms with E-state index in [1.54, 1.807) is 14.0 Å². The van der Waals surface area contributed by atoms with Crippen LogP contribution in [0.1, 0.15) is 16.1 Å². The predicted octanol–water partition coefficient (Wildman–Crippen LogP) is 1.11. The fraction of sp³-hybridized carbons (Fsp3) is 0.333. The normalized spacial score (nSPS) is 9.77. The third-order valence-electron chi connectivity index (χ3n) is 1.79. The van der Waals surface area contributed by atoms with E-state index in [2.05, 4.69) is 11.7 Å². The van der Waals surface area contributed by atoms with E-state index in [-0.39, 0.29) is 5.78 Å². The molecular weight excluding hydrogens is 168 g/mol. The highest BCUT2D eigenvalue weighted by molar-refractivity contribution is 6.06. The van der Waals surface area contributed by atoms with Crippen LogP contribution in [0.2, 0.25) is 0 Å². The quantitative estimate of drug-likeness (QED) is 0.517. The van der Waals surface area contributed by atoms with Crippen LogP contribution in [-0.4, -0.2) is 22.7 Å². The molecule has 4 nitrogen and oxygen atoms in total. The van der Waals surface area contributed by atoms with Crippen molar-refractivity contribution in [2.24, 2.45) is 7.05 Å². The monoisotopic (exact) mass is 180 g/mol. The number of aryl methyl sites for hydroxylation is 2. The fourth-order valence-corrected chi connectivity index (χ4v) is 1.26. The van der Waals surface area contributed by atoms with Crippen LogP contribution in [0.3, 0.4) is 0 Å². The lowest BCUT2D eigenvalue weighted by Gasteiger charge is -2.00. The number of carbonyl (C=O) groups is 1. The summed E-state index contributed by atoms with van der Waals surface area (Å²) in [5.74, 6) is 0.310. The van der Waals surface area contributed by atoms with Crippen molar-refractivity contribution in [3.8, 4) is 5.88 Å². The van der Waals surface area contributed by atoms with Gasteiger partial charge in [0.05, 0.1) is 12.8 Å². The molecule has 1 rings (SSSR count). The molecule has 0 radical (unpaired) electrons. The second-order valence-electron chi connectivity index (χ2n) is 2.66. The van der Waals surface area contributed by atoms with E-state index in [0.29, 0.717) is 17.1 Å². The maximum Gasteiger partial charge on any atom is 0.223 e. The molecule has 0 unspecified atom stereocenters. The molecule has 13 heavy (non-hydrogen) atoms. The van der Waals surface area contributed by atoms with Gasteiger partial charge < -0.3 is 4.74 Å². The van der Waals surface area contributed by atoms with Gasteiger partial charge in [0.15, 0.2) is 5.78 Å². The van der Waals surface area contributed by atoms with E-state index in [1.807, 2.05) is 0 Å². The minimum Gasteiger partial charge on any atom is -0.481 e. The van der Waals surface area contributed by atoms with Gasteiger partial charge in [0.25, 0.3) is 0 Å². The molecule has 0 amide bonds. The van der Waals surface area contributed by atoms with Crippen LogP contribution >= 0.6 is 0 Å². The van der Waals surface area contributed by atoms with Gasteiger partial charge in [-0.1, -0.05) is 6.58 Å². The number of aromatic nitrogens is 2. The van der Waals surface area contributed by atoms with E-state index in [9.17, 15) is 4.79 Å². The number of hydrogen-bond acceptors (Lipinski definition) is 3. The topological polar surface area (TPSA) is 44.1 Å². The molecule has 1 aromatic rings. The van der Waals surface area contributed by atoms with Gasteiger partial charge >= 0.3 is 0 Å². The first-order valence-corrected chi connectivity index (χ1v) is 3.86. The highest BCUT2D eigenvalue weighted by Gasteiger charge is 2.18. The molecule has 0 aliphatic carbocycles. The number of ether oxygens (including phenoxy) is 1. The number of rotatable bonds is 3. The molecule has 0 aliphatic rings. The lowest BCUT2D eigenvalue weighted by Crippen LogP contribution is -2.00. The van der Waals surface area contributed by atoms with E-state index >= 15 is 0 Å². The van der Waals surface area contributed by atoms with Crippen molar-refractivity contribution in [1.29, 1.82) is 0 Å². The number of ketones is 1. The Hall–Kier alpha value is -1.58. The van der Waals surface area contributed by atoms with E-state index in [1.165, 1.54) is 17.9 Å². The molecule has 0 fully saturated rings. The summed E-state index contributed by atoms with van der Waals surface area (Å²) >= 11 is 0. The van der Waals surface area contributed by atoms with Crippen molar-refractivity contribution in [3.63, 3.8) is 0 Å². The summed E-state index contributed by atoms with van der Waals surface area (Å²) in [6.45, 7) is 5.18. The molecular formula is C9H12N2O2. The third-order valence-corrected chi connectivity index (χ3v) is 1.79. The minimum absolute atomic E-state index is 0.164. The van der Waals surface area contributed by atoms with Crippen LogP contribution in [0.15, 0.2) is 12.7 Å². The Morgan fingerprint density at radius 2 is 2.31 bits per heavy atom. The zero-order valence-corrected chi connectivity index (χ0v) is 8.00. The van der Waals surface area contributed by atoms with Gasteiger partial charge in [0.1, 0.15) is 5.56 Å². The van der Waals surface area contributed by atoms with Crippen LogP contribution in [-0.2, 0) is 7.05 Å². The average Bonchev–Trinajstić information content (AvgIpc) is 2.39. The van der Waals surface area contributed by atoms with Crippen molar-refractivity contribution >= 4 is 5.78 Å². The largest absolute Gasteiger partial charge is 0.481 e. The number of carbonyl (C=O) groups excluding carboxylic acids is 1. The first-order valence-electron chi connectivity index (χ1n) is 3.86. The zero-order valence-electron chi connectivity index (χ0n) is 8.00. The van der Waals surface area contributed by atoms with Gasteiger partial charge in [-0.3, -0.25) is 4.79 Å². The van der Waals surface area contributed by atoms with Crippen molar-refractivity contribution in [1.82, 2.24) is 9.78 Å². The summed E-state index contributed by atoms with van der Waals surface area (Å²) in [5, 5.41) is 4.07. The van der Waals surface area contributed by atoms with Gasteiger partial charge in [-0.05, 0) is 13.0 Å². The van der Waals surface area contributed by atoms with Crippen molar-refractivity contribution < 1.29 is 9.53 Å². The summed E-state index contributed by atoms with van der Waals surface area (Å²) in [7, 11) is 3.24. The van der Waals surface area contributed by atoms with Crippen LogP contribution in [0.25, 0.3) is 0 Å². The second-order valence-corrected chi connectivity index (χ2v) is 2.66. The molecule has 0 N–H and O–H groups in total. The fourth-order valence-electron chi connectivity index (χ4n) is 1.26. The maximum absolute atomic E-state index is 11.4. The molecule has 0 aromatic carbocycles. The SMILES string of the molecule is C=CC(=O)c1c(C)nn(C)c1OC. The van der Waals surface area contributed by atoms with Crippen molar-refractivity contribution in [3.05, 3.63) is 23.9 Å². The average molecular weight is 180 g/mol. The Balaban J connectivity index is 3.32. The molecule has 1 aromatic heterocycles. The van der Waals surface area contributed by atoms with Crippen LogP contribution in [0.5, 0.6) is 5.88 Å². The molecule has 70 valence electrons. The van der Waals surface area contributed by atoms with Gasteiger partial charge in [-0.2, -0.15) is 5.10 Å². The summed E-state index contributed by atoms with van der Waals surface area (Å²) in [4.78, 5) is 11.4. The molecule has 1 heterocycles. The second kappa shape index (κ2) is 3.43. The smallest absolute Gasteiger partial charge is 0.223 e. The van der Waals surface area contributed by atoms with Crippen molar-refractivity contribution in [2.45, 2.75) is 6.92 Å².